The number of fused-ring (bicyclic) bond motifs is 1. The van der Waals surface area contributed by atoms with E-state index in [4.69, 9.17) is 4.74 Å². The van der Waals surface area contributed by atoms with Crippen LogP contribution in [0.2, 0.25) is 0 Å². The van der Waals surface area contributed by atoms with Crippen molar-refractivity contribution in [3.8, 4) is 5.75 Å². The summed E-state index contributed by atoms with van der Waals surface area (Å²) in [7, 11) is 1.65. The van der Waals surface area contributed by atoms with Crippen molar-refractivity contribution in [1.82, 2.24) is 4.98 Å². The zero-order valence-corrected chi connectivity index (χ0v) is 13.5. The second kappa shape index (κ2) is 6.00. The van der Waals surface area contributed by atoms with Crippen molar-refractivity contribution in [2.24, 2.45) is 0 Å². The molecule has 4 rings (SSSR count). The maximum absolute atomic E-state index is 12.7. The maximum Gasteiger partial charge on any atom is 0.163 e. The summed E-state index contributed by atoms with van der Waals surface area (Å²) < 4.78 is 5.24. The minimum atomic E-state index is -0.206. The summed E-state index contributed by atoms with van der Waals surface area (Å²) in [6, 6.07) is 11.5. The monoisotopic (exact) mass is 321 g/mol. The summed E-state index contributed by atoms with van der Waals surface area (Å²) in [4.78, 5) is 17.1. The SMILES string of the molecule is COc1ccc(C2Nc3ncccc3NC3=C2C(=O)CCC3)cc1. The number of hydrogen-bond donors (Lipinski definition) is 2. The minimum Gasteiger partial charge on any atom is -0.497 e. The van der Waals surface area contributed by atoms with Gasteiger partial charge in [0, 0.05) is 23.9 Å². The summed E-state index contributed by atoms with van der Waals surface area (Å²) in [5.74, 6) is 1.76. The van der Waals surface area contributed by atoms with Crippen molar-refractivity contribution >= 4 is 17.3 Å². The second-order valence-electron chi connectivity index (χ2n) is 6.04. The normalized spacial score (nSPS) is 19.5. The van der Waals surface area contributed by atoms with E-state index in [1.807, 2.05) is 36.4 Å². The predicted octanol–water partition coefficient (Wildman–Crippen LogP) is 3.68. The lowest BCUT2D eigenvalue weighted by molar-refractivity contribution is -0.116. The van der Waals surface area contributed by atoms with Crippen molar-refractivity contribution in [1.29, 1.82) is 0 Å². The molecule has 0 saturated carbocycles. The number of benzene rings is 1. The largest absolute Gasteiger partial charge is 0.497 e. The molecule has 0 saturated heterocycles. The highest BCUT2D eigenvalue weighted by molar-refractivity contribution is 6.00. The Balaban J connectivity index is 1.83. The van der Waals surface area contributed by atoms with Gasteiger partial charge in [-0.2, -0.15) is 0 Å². The van der Waals surface area contributed by atoms with Gasteiger partial charge < -0.3 is 15.4 Å². The lowest BCUT2D eigenvalue weighted by atomic mass is 9.87. The molecule has 24 heavy (non-hydrogen) atoms. The van der Waals surface area contributed by atoms with Crippen LogP contribution in [0.4, 0.5) is 11.5 Å². The summed E-state index contributed by atoms with van der Waals surface area (Å²) >= 11 is 0. The van der Waals surface area contributed by atoms with E-state index in [-0.39, 0.29) is 11.8 Å². The molecule has 1 aliphatic carbocycles. The number of carbonyl (C=O) groups excluding carboxylic acids is 1. The summed E-state index contributed by atoms with van der Waals surface area (Å²) in [6.07, 6.45) is 4.11. The molecule has 5 nitrogen and oxygen atoms in total. The maximum atomic E-state index is 12.7. The fourth-order valence-electron chi connectivity index (χ4n) is 3.37. The number of anilines is 2. The zero-order chi connectivity index (χ0) is 16.5. The van der Waals surface area contributed by atoms with Crippen LogP contribution >= 0.6 is 0 Å². The van der Waals surface area contributed by atoms with Crippen LogP contribution in [0.3, 0.4) is 0 Å². The molecule has 122 valence electrons. The van der Waals surface area contributed by atoms with Crippen molar-refractivity contribution in [3.63, 3.8) is 0 Å². The van der Waals surface area contributed by atoms with Crippen LogP contribution < -0.4 is 15.4 Å². The first-order valence-corrected chi connectivity index (χ1v) is 8.15. The van der Waals surface area contributed by atoms with Crippen molar-refractivity contribution in [2.45, 2.75) is 25.3 Å². The number of aromatic nitrogens is 1. The number of rotatable bonds is 2. The van der Waals surface area contributed by atoms with Gasteiger partial charge in [0.2, 0.25) is 0 Å². The first-order chi connectivity index (χ1) is 11.8. The number of ether oxygens (including phenoxy) is 1. The van der Waals surface area contributed by atoms with Gasteiger partial charge in [-0.05, 0) is 42.7 Å². The molecule has 1 aromatic carbocycles. The summed E-state index contributed by atoms with van der Waals surface area (Å²) in [5, 5.41) is 6.87. The Labute approximate surface area is 140 Å². The number of hydrogen-bond acceptors (Lipinski definition) is 5. The average molecular weight is 321 g/mol. The van der Waals surface area contributed by atoms with Crippen molar-refractivity contribution < 1.29 is 9.53 Å². The van der Waals surface area contributed by atoms with Crippen LogP contribution in [0, 0.1) is 0 Å². The third-order valence-corrected chi connectivity index (χ3v) is 4.57. The zero-order valence-electron chi connectivity index (χ0n) is 13.5. The van der Waals surface area contributed by atoms with Gasteiger partial charge in [-0.15, -0.1) is 0 Å². The van der Waals surface area contributed by atoms with Gasteiger partial charge in [-0.3, -0.25) is 4.79 Å². The number of pyridine rings is 1. The number of ketones is 1. The molecule has 2 aromatic rings. The minimum absolute atomic E-state index is 0.199. The van der Waals surface area contributed by atoms with E-state index in [1.165, 1.54) is 0 Å². The molecular formula is C19H19N3O2. The van der Waals surface area contributed by atoms with Gasteiger partial charge in [-0.1, -0.05) is 12.1 Å². The Bertz CT molecular complexity index is 812. The number of Topliss-reactive ketones (excluding diaryl/α,β-unsaturated/α-hetero) is 1. The van der Waals surface area contributed by atoms with E-state index in [1.54, 1.807) is 13.3 Å². The smallest absolute Gasteiger partial charge is 0.163 e. The van der Waals surface area contributed by atoms with Gasteiger partial charge >= 0.3 is 0 Å². The third-order valence-electron chi connectivity index (χ3n) is 4.57. The molecule has 0 amide bonds. The molecule has 0 fully saturated rings. The Kier molecular flexibility index (Phi) is 3.69. The Morgan fingerprint density at radius 2 is 2.00 bits per heavy atom. The molecule has 1 aromatic heterocycles. The summed E-state index contributed by atoms with van der Waals surface area (Å²) in [6.45, 7) is 0. The fraction of sp³-hybridized carbons (Fsp3) is 0.263. The van der Waals surface area contributed by atoms with E-state index >= 15 is 0 Å². The topological polar surface area (TPSA) is 63.2 Å². The van der Waals surface area contributed by atoms with Gasteiger partial charge in [0.05, 0.1) is 18.8 Å². The quantitative estimate of drug-likeness (QED) is 0.883. The van der Waals surface area contributed by atoms with Gasteiger partial charge in [0.15, 0.2) is 5.78 Å². The lowest BCUT2D eigenvalue weighted by Crippen LogP contribution is -2.23. The molecule has 2 N–H and O–H groups in total. The molecule has 0 bridgehead atoms. The van der Waals surface area contributed by atoms with Gasteiger partial charge in [0.25, 0.3) is 0 Å². The highest BCUT2D eigenvalue weighted by Crippen LogP contribution is 2.39. The standard InChI is InChI=1S/C19H19N3O2/c1-24-13-9-7-12(8-10-13)18-17-14(4-2-6-16(17)23)21-15-5-3-11-20-19(15)22-18/h3,5,7-11,18,21H,2,4,6H2,1H3,(H,20,22). The van der Waals surface area contributed by atoms with Crippen LogP contribution in [0.5, 0.6) is 5.75 Å². The Hall–Kier alpha value is -2.82. The molecule has 1 unspecified atom stereocenters. The number of nitrogens with zero attached hydrogens (tertiary/aromatic N) is 1. The lowest BCUT2D eigenvalue weighted by Gasteiger charge is -2.25. The second-order valence-corrected chi connectivity index (χ2v) is 6.04. The van der Waals surface area contributed by atoms with E-state index in [2.05, 4.69) is 15.6 Å². The first-order valence-electron chi connectivity index (χ1n) is 8.15. The molecular weight excluding hydrogens is 302 g/mol. The molecule has 1 aliphatic heterocycles. The molecule has 0 spiro atoms. The van der Waals surface area contributed by atoms with E-state index in [0.717, 1.165) is 46.9 Å². The summed E-state index contributed by atoms with van der Waals surface area (Å²) in [5.41, 5.74) is 3.77. The van der Waals surface area contributed by atoms with Crippen LogP contribution in [0.15, 0.2) is 53.9 Å². The molecule has 0 radical (unpaired) electrons. The number of carbonyl (C=O) groups is 1. The number of methoxy groups -OCH3 is 1. The Morgan fingerprint density at radius 1 is 1.17 bits per heavy atom. The molecule has 2 heterocycles. The van der Waals surface area contributed by atoms with Crippen LogP contribution in [-0.2, 0) is 4.79 Å². The highest BCUT2D eigenvalue weighted by atomic mass is 16.5. The van der Waals surface area contributed by atoms with Crippen molar-refractivity contribution in [3.05, 3.63) is 59.4 Å². The van der Waals surface area contributed by atoms with E-state index in [9.17, 15) is 4.79 Å². The highest BCUT2D eigenvalue weighted by Gasteiger charge is 2.32. The van der Waals surface area contributed by atoms with Gasteiger partial charge in [0.1, 0.15) is 11.6 Å². The number of allylic oxidation sites excluding steroid dienone is 1. The van der Waals surface area contributed by atoms with Crippen LogP contribution in [0.1, 0.15) is 30.9 Å². The molecule has 2 aliphatic rings. The predicted molar refractivity (Wildman–Crippen MR) is 93.1 cm³/mol. The fourth-order valence-corrected chi connectivity index (χ4v) is 3.37. The van der Waals surface area contributed by atoms with Gasteiger partial charge in [-0.25, -0.2) is 4.98 Å². The third kappa shape index (κ3) is 2.52. The van der Waals surface area contributed by atoms with E-state index in [0.29, 0.717) is 6.42 Å². The molecule has 1 atom stereocenters. The van der Waals surface area contributed by atoms with Crippen LogP contribution in [-0.4, -0.2) is 17.9 Å². The van der Waals surface area contributed by atoms with Crippen LogP contribution in [0.25, 0.3) is 0 Å². The molecule has 5 heteroatoms. The first kappa shape index (κ1) is 14.8. The number of nitrogens with one attached hydrogen (secondary N) is 2. The average Bonchev–Trinajstić information content (AvgIpc) is 2.79. The van der Waals surface area contributed by atoms with E-state index < -0.39 is 0 Å². The van der Waals surface area contributed by atoms with Crippen molar-refractivity contribution in [2.75, 3.05) is 17.7 Å². The Morgan fingerprint density at radius 3 is 2.79 bits per heavy atom.